The van der Waals surface area contributed by atoms with Gasteiger partial charge in [-0.05, 0) is 92.2 Å². The zero-order valence-electron chi connectivity index (χ0n) is 23.4. The molecule has 3 N–H and O–H groups in total. The van der Waals surface area contributed by atoms with E-state index in [9.17, 15) is 17.6 Å². The van der Waals surface area contributed by atoms with Crippen molar-refractivity contribution in [1.82, 2.24) is 15.2 Å². The molecule has 1 atom stereocenters. The Morgan fingerprint density at radius 1 is 1.00 bits per heavy atom. The molecule has 0 spiro atoms. The number of ether oxygens (including phenoxy) is 1. The van der Waals surface area contributed by atoms with Crippen molar-refractivity contribution < 1.29 is 22.3 Å². The lowest BCUT2D eigenvalue weighted by molar-refractivity contribution is -0.118. The summed E-state index contributed by atoms with van der Waals surface area (Å²) in [5.74, 6) is 0.724. The standard InChI is InChI=1S/C30H32FN5O4S2.ClH/c1-42(38,39)35-25-8-12-27(13-9-25)40-26-10-2-21(3-11-26)18-36-16-14-24(15-17-36)33-29(28-19-41-20-32-28)30(37)34-23-6-4-22(31)5-7-23;/h2-13,19-20,24,29,33,35H,14-18H2,1H3,(H,34,37);1H. The van der Waals surface area contributed by atoms with Crippen molar-refractivity contribution in [2.75, 3.05) is 29.4 Å². The van der Waals surface area contributed by atoms with E-state index in [4.69, 9.17) is 4.74 Å². The number of carbonyl (C=O) groups excluding carboxylic acids is 1. The Balaban J connectivity index is 0.00000423. The average molecular weight is 646 g/mol. The number of thiazole rings is 1. The van der Waals surface area contributed by atoms with E-state index in [1.807, 2.05) is 29.6 Å². The molecule has 9 nitrogen and oxygen atoms in total. The second kappa shape index (κ2) is 14.8. The van der Waals surface area contributed by atoms with Crippen LogP contribution in [-0.4, -0.2) is 49.6 Å². The minimum Gasteiger partial charge on any atom is -0.457 e. The van der Waals surface area contributed by atoms with Crippen LogP contribution < -0.4 is 20.1 Å². The van der Waals surface area contributed by atoms with E-state index in [1.54, 1.807) is 41.9 Å². The summed E-state index contributed by atoms with van der Waals surface area (Å²) in [5, 5.41) is 8.24. The van der Waals surface area contributed by atoms with Gasteiger partial charge < -0.3 is 10.1 Å². The van der Waals surface area contributed by atoms with E-state index in [2.05, 4.69) is 25.2 Å². The molecule has 1 unspecified atom stereocenters. The first-order valence-electron chi connectivity index (χ1n) is 13.5. The third-order valence-corrected chi connectivity index (χ3v) is 8.05. The van der Waals surface area contributed by atoms with Crippen LogP contribution in [-0.2, 0) is 21.4 Å². The minimum absolute atomic E-state index is 0. The SMILES string of the molecule is CS(=O)(=O)Nc1ccc(Oc2ccc(CN3CCC(NC(C(=O)Nc4ccc(F)cc4)c4cscn4)CC3)cc2)cc1.Cl. The summed E-state index contributed by atoms with van der Waals surface area (Å²) in [7, 11) is -3.33. The molecule has 0 aliphatic carbocycles. The summed E-state index contributed by atoms with van der Waals surface area (Å²) in [4.78, 5) is 19.9. The average Bonchev–Trinajstić information content (AvgIpc) is 3.50. The first kappa shape index (κ1) is 32.4. The lowest BCUT2D eigenvalue weighted by atomic mass is 10.0. The summed E-state index contributed by atoms with van der Waals surface area (Å²) < 4.78 is 44.3. The first-order chi connectivity index (χ1) is 20.2. The maximum Gasteiger partial charge on any atom is 0.247 e. The highest BCUT2D eigenvalue weighted by Crippen LogP contribution is 2.25. The monoisotopic (exact) mass is 645 g/mol. The Labute approximate surface area is 261 Å². The Morgan fingerprint density at radius 3 is 2.19 bits per heavy atom. The van der Waals surface area contributed by atoms with Gasteiger partial charge in [0.25, 0.3) is 0 Å². The molecular formula is C30H33ClFN5O4S2. The number of benzene rings is 3. The van der Waals surface area contributed by atoms with Gasteiger partial charge in [-0.15, -0.1) is 23.7 Å². The van der Waals surface area contributed by atoms with E-state index in [1.165, 1.54) is 29.0 Å². The smallest absolute Gasteiger partial charge is 0.247 e. The first-order valence-corrected chi connectivity index (χ1v) is 16.3. The quantitative estimate of drug-likeness (QED) is 0.189. The zero-order chi connectivity index (χ0) is 29.5. The number of hydrogen-bond donors (Lipinski definition) is 3. The van der Waals surface area contributed by atoms with Crippen LogP contribution in [0.1, 0.15) is 30.1 Å². The summed E-state index contributed by atoms with van der Waals surface area (Å²) in [5.41, 5.74) is 4.57. The number of carbonyl (C=O) groups is 1. The normalized spacial score (nSPS) is 14.8. The molecule has 3 aromatic carbocycles. The van der Waals surface area contributed by atoms with Gasteiger partial charge in [0.05, 0.1) is 17.5 Å². The molecule has 1 fully saturated rings. The van der Waals surface area contributed by atoms with E-state index in [0.717, 1.165) is 38.7 Å². The number of likely N-dealkylation sites (tertiary alicyclic amines) is 1. The van der Waals surface area contributed by atoms with E-state index >= 15 is 0 Å². The fourth-order valence-electron chi connectivity index (χ4n) is 4.76. The molecule has 5 rings (SSSR count). The van der Waals surface area contributed by atoms with E-state index in [0.29, 0.717) is 28.6 Å². The highest BCUT2D eigenvalue weighted by molar-refractivity contribution is 7.92. The predicted molar refractivity (Wildman–Crippen MR) is 170 cm³/mol. The molecule has 1 saturated heterocycles. The Hall–Kier alpha value is -3.55. The molecule has 0 radical (unpaired) electrons. The molecule has 1 aliphatic rings. The van der Waals surface area contributed by atoms with Crippen LogP contribution in [0.25, 0.3) is 0 Å². The van der Waals surface area contributed by atoms with Gasteiger partial charge in [0.2, 0.25) is 15.9 Å². The van der Waals surface area contributed by atoms with Gasteiger partial charge in [0.15, 0.2) is 0 Å². The molecule has 228 valence electrons. The van der Waals surface area contributed by atoms with Crippen LogP contribution >= 0.6 is 23.7 Å². The second-order valence-electron chi connectivity index (χ2n) is 10.2. The summed E-state index contributed by atoms with van der Waals surface area (Å²) in [6.07, 6.45) is 2.88. The van der Waals surface area contributed by atoms with Gasteiger partial charge in [-0.2, -0.15) is 0 Å². The number of piperidine rings is 1. The van der Waals surface area contributed by atoms with Crippen LogP contribution in [0.4, 0.5) is 15.8 Å². The largest absolute Gasteiger partial charge is 0.457 e. The van der Waals surface area contributed by atoms with Crippen molar-refractivity contribution in [1.29, 1.82) is 0 Å². The van der Waals surface area contributed by atoms with Crippen molar-refractivity contribution in [2.45, 2.75) is 31.5 Å². The van der Waals surface area contributed by atoms with E-state index < -0.39 is 16.1 Å². The molecule has 0 bridgehead atoms. The Bertz CT molecular complexity index is 1560. The van der Waals surface area contributed by atoms with Gasteiger partial charge in [0, 0.05) is 29.3 Å². The minimum atomic E-state index is -3.33. The molecule has 0 saturated carbocycles. The lowest BCUT2D eigenvalue weighted by Crippen LogP contribution is -2.46. The molecule has 43 heavy (non-hydrogen) atoms. The molecule has 1 aromatic heterocycles. The van der Waals surface area contributed by atoms with E-state index in [-0.39, 0.29) is 30.2 Å². The van der Waals surface area contributed by atoms with Gasteiger partial charge in [-0.3, -0.25) is 19.7 Å². The van der Waals surface area contributed by atoms with Crippen molar-refractivity contribution >= 4 is 51.0 Å². The number of aromatic nitrogens is 1. The fourth-order valence-corrected chi connectivity index (χ4v) is 5.91. The summed E-state index contributed by atoms with van der Waals surface area (Å²) in [6.45, 7) is 2.57. The molecule has 2 heterocycles. The number of anilines is 2. The fraction of sp³-hybridized carbons (Fsp3) is 0.267. The molecule has 1 aliphatic heterocycles. The third kappa shape index (κ3) is 9.73. The van der Waals surface area contributed by atoms with Gasteiger partial charge in [0.1, 0.15) is 23.4 Å². The van der Waals surface area contributed by atoms with Crippen LogP contribution in [0.3, 0.4) is 0 Å². The van der Waals surface area contributed by atoms with Crippen LogP contribution in [0.2, 0.25) is 0 Å². The number of halogens is 2. The van der Waals surface area contributed by atoms with Crippen molar-refractivity contribution in [3.8, 4) is 11.5 Å². The van der Waals surface area contributed by atoms with Crippen LogP contribution in [0, 0.1) is 5.82 Å². The van der Waals surface area contributed by atoms with Gasteiger partial charge in [-0.1, -0.05) is 12.1 Å². The number of amides is 1. The second-order valence-corrected chi connectivity index (χ2v) is 12.7. The van der Waals surface area contributed by atoms with Gasteiger partial charge in [-0.25, -0.2) is 17.8 Å². The highest BCUT2D eigenvalue weighted by Gasteiger charge is 2.28. The number of nitrogens with one attached hydrogen (secondary N) is 3. The molecule has 13 heteroatoms. The van der Waals surface area contributed by atoms with Crippen molar-refractivity contribution in [3.63, 3.8) is 0 Å². The lowest BCUT2D eigenvalue weighted by Gasteiger charge is -2.34. The third-order valence-electron chi connectivity index (χ3n) is 6.83. The Kier molecular flexibility index (Phi) is 11.1. The number of hydrogen-bond acceptors (Lipinski definition) is 8. The number of nitrogens with zero attached hydrogens (tertiary/aromatic N) is 2. The zero-order valence-corrected chi connectivity index (χ0v) is 25.9. The van der Waals surface area contributed by atoms with Gasteiger partial charge >= 0.3 is 0 Å². The molecular weight excluding hydrogens is 613 g/mol. The summed E-state index contributed by atoms with van der Waals surface area (Å²) in [6, 6.07) is 19.9. The topological polar surface area (TPSA) is 113 Å². The highest BCUT2D eigenvalue weighted by atomic mass is 35.5. The maximum absolute atomic E-state index is 13.3. The molecule has 1 amide bonds. The summed E-state index contributed by atoms with van der Waals surface area (Å²) >= 11 is 1.44. The van der Waals surface area contributed by atoms with Crippen LogP contribution in [0.5, 0.6) is 11.5 Å². The number of sulfonamides is 1. The maximum atomic E-state index is 13.3. The Morgan fingerprint density at radius 2 is 1.60 bits per heavy atom. The predicted octanol–water partition coefficient (Wildman–Crippen LogP) is 5.80. The van der Waals surface area contributed by atoms with Crippen LogP contribution in [0.15, 0.2) is 83.7 Å². The molecule has 4 aromatic rings. The van der Waals surface area contributed by atoms with Crippen molar-refractivity contribution in [3.05, 3.63) is 101 Å². The number of rotatable bonds is 11. The van der Waals surface area contributed by atoms with Crippen molar-refractivity contribution in [2.24, 2.45) is 0 Å².